The van der Waals surface area contributed by atoms with Crippen LogP contribution >= 0.6 is 0 Å². The Kier molecular flexibility index (Phi) is 3.99. The largest absolute Gasteiger partial charge is 0.332 e. The maximum atomic E-state index is 11.4. The second-order valence-electron chi connectivity index (χ2n) is 5.95. The molecule has 1 aromatic carbocycles. The van der Waals surface area contributed by atoms with Crippen LogP contribution in [0.3, 0.4) is 0 Å². The van der Waals surface area contributed by atoms with Crippen LogP contribution in [0.25, 0.3) is 11.0 Å². The number of nitrogens with zero attached hydrogens (tertiary/aromatic N) is 4. The standard InChI is InChI=1S/C15H19N5O3/c1-11(21)19-7-5-18(6-8-19)10-15-16-13-9-12(20(22)23)3-4-14(13)17(15)2/h3-4,9H,5-8,10H2,1-2H3/p+1. The molecule has 1 aliphatic heterocycles. The number of carbonyl (C=O) groups excluding carboxylic acids is 1. The van der Waals surface area contributed by atoms with Crippen LogP contribution in [0.15, 0.2) is 18.2 Å². The fraction of sp³-hybridized carbons (Fsp3) is 0.467. The minimum absolute atomic E-state index is 0.0598. The smallest absolute Gasteiger partial charge is 0.271 e. The van der Waals surface area contributed by atoms with Gasteiger partial charge in [-0.2, -0.15) is 0 Å². The highest BCUT2D eigenvalue weighted by Crippen LogP contribution is 2.20. The van der Waals surface area contributed by atoms with Gasteiger partial charge < -0.3 is 14.4 Å². The molecule has 1 N–H and O–H groups in total. The van der Waals surface area contributed by atoms with Crippen molar-refractivity contribution in [3.05, 3.63) is 34.1 Å². The minimum atomic E-state index is -0.403. The van der Waals surface area contributed by atoms with Gasteiger partial charge in [-0.3, -0.25) is 14.9 Å². The van der Waals surface area contributed by atoms with Crippen molar-refractivity contribution in [2.45, 2.75) is 13.5 Å². The lowest BCUT2D eigenvalue weighted by Gasteiger charge is -2.31. The fourth-order valence-corrected chi connectivity index (χ4v) is 3.05. The number of fused-ring (bicyclic) bond motifs is 1. The number of imidazole rings is 1. The maximum absolute atomic E-state index is 11.4. The monoisotopic (exact) mass is 318 g/mol. The molecule has 1 fully saturated rings. The third kappa shape index (κ3) is 3.02. The first kappa shape index (κ1) is 15.4. The van der Waals surface area contributed by atoms with Gasteiger partial charge in [0.1, 0.15) is 6.54 Å². The van der Waals surface area contributed by atoms with Crippen LogP contribution in [0, 0.1) is 10.1 Å². The summed E-state index contributed by atoms with van der Waals surface area (Å²) in [6.07, 6.45) is 0. The average molecular weight is 318 g/mol. The van der Waals surface area contributed by atoms with E-state index in [1.54, 1.807) is 13.0 Å². The quantitative estimate of drug-likeness (QED) is 0.623. The van der Waals surface area contributed by atoms with E-state index in [4.69, 9.17) is 0 Å². The topological polar surface area (TPSA) is 85.7 Å². The first-order valence-electron chi connectivity index (χ1n) is 7.64. The summed E-state index contributed by atoms with van der Waals surface area (Å²) in [5, 5.41) is 10.9. The number of nitro benzene ring substituents is 1. The predicted octanol–water partition coefficient (Wildman–Crippen LogP) is -0.271. The van der Waals surface area contributed by atoms with Crippen LogP contribution in [0.2, 0.25) is 0 Å². The number of aromatic nitrogens is 2. The van der Waals surface area contributed by atoms with Gasteiger partial charge in [0.25, 0.3) is 5.69 Å². The molecule has 8 nitrogen and oxygen atoms in total. The molecule has 2 aromatic rings. The molecular weight excluding hydrogens is 298 g/mol. The van der Waals surface area contributed by atoms with Gasteiger partial charge in [-0.15, -0.1) is 0 Å². The minimum Gasteiger partial charge on any atom is -0.332 e. The lowest BCUT2D eigenvalue weighted by atomic mass is 10.3. The molecule has 0 aliphatic carbocycles. The first-order valence-corrected chi connectivity index (χ1v) is 7.64. The molecule has 0 spiro atoms. The second-order valence-corrected chi connectivity index (χ2v) is 5.95. The summed E-state index contributed by atoms with van der Waals surface area (Å²) in [6.45, 7) is 5.67. The summed E-state index contributed by atoms with van der Waals surface area (Å²) in [6, 6.07) is 4.77. The van der Waals surface area contributed by atoms with Crippen molar-refractivity contribution in [1.29, 1.82) is 0 Å². The lowest BCUT2D eigenvalue weighted by Crippen LogP contribution is -3.13. The molecule has 3 rings (SSSR count). The summed E-state index contributed by atoms with van der Waals surface area (Å²) in [5.74, 6) is 1.03. The second kappa shape index (κ2) is 5.96. The summed E-state index contributed by atoms with van der Waals surface area (Å²) in [5.41, 5.74) is 1.61. The van der Waals surface area contributed by atoms with E-state index in [-0.39, 0.29) is 11.6 Å². The van der Waals surface area contributed by atoms with Gasteiger partial charge in [0.05, 0.1) is 42.1 Å². The molecule has 1 aliphatic rings. The molecule has 122 valence electrons. The first-order chi connectivity index (χ1) is 11.0. The van der Waals surface area contributed by atoms with E-state index in [1.807, 2.05) is 16.5 Å². The number of quaternary nitrogens is 1. The zero-order chi connectivity index (χ0) is 16.6. The number of aryl methyl sites for hydroxylation is 1. The molecule has 23 heavy (non-hydrogen) atoms. The van der Waals surface area contributed by atoms with Crippen LogP contribution < -0.4 is 4.90 Å². The van der Waals surface area contributed by atoms with Crippen LogP contribution in [0.4, 0.5) is 5.69 Å². The number of nitrogens with one attached hydrogen (secondary N) is 1. The zero-order valence-electron chi connectivity index (χ0n) is 13.3. The molecule has 2 heterocycles. The molecule has 0 bridgehead atoms. The molecule has 0 unspecified atom stereocenters. The number of rotatable bonds is 3. The summed E-state index contributed by atoms with van der Waals surface area (Å²) < 4.78 is 1.99. The highest BCUT2D eigenvalue weighted by atomic mass is 16.6. The average Bonchev–Trinajstić information content (AvgIpc) is 2.83. The van der Waals surface area contributed by atoms with E-state index >= 15 is 0 Å². The summed E-state index contributed by atoms with van der Waals surface area (Å²) in [7, 11) is 1.93. The Morgan fingerprint density at radius 1 is 1.39 bits per heavy atom. The number of hydrogen-bond acceptors (Lipinski definition) is 4. The Bertz CT molecular complexity index is 762. The normalized spacial score (nSPS) is 16.0. The number of nitro groups is 1. The Hall–Kier alpha value is -2.48. The molecule has 0 radical (unpaired) electrons. The third-order valence-electron chi connectivity index (χ3n) is 4.49. The van der Waals surface area contributed by atoms with Gasteiger partial charge in [-0.25, -0.2) is 4.98 Å². The molecule has 0 atom stereocenters. The fourth-order valence-electron chi connectivity index (χ4n) is 3.05. The number of piperazine rings is 1. The lowest BCUT2D eigenvalue weighted by molar-refractivity contribution is -0.918. The van der Waals surface area contributed by atoms with Crippen molar-refractivity contribution in [1.82, 2.24) is 14.5 Å². The van der Waals surface area contributed by atoms with E-state index in [2.05, 4.69) is 4.98 Å². The summed E-state index contributed by atoms with van der Waals surface area (Å²) >= 11 is 0. The number of hydrogen-bond donors (Lipinski definition) is 1. The maximum Gasteiger partial charge on any atom is 0.271 e. The number of carbonyl (C=O) groups is 1. The number of benzene rings is 1. The van der Waals surface area contributed by atoms with Gasteiger partial charge in [0.15, 0.2) is 5.82 Å². The highest BCUT2D eigenvalue weighted by Gasteiger charge is 2.23. The van der Waals surface area contributed by atoms with Gasteiger partial charge in [0, 0.05) is 26.1 Å². The van der Waals surface area contributed by atoms with Gasteiger partial charge >= 0.3 is 0 Å². The molecular formula is C15H20N5O3+. The van der Waals surface area contributed by atoms with E-state index in [9.17, 15) is 14.9 Å². The van der Waals surface area contributed by atoms with E-state index in [0.29, 0.717) is 5.52 Å². The number of non-ortho nitro benzene ring substituents is 1. The molecule has 1 amide bonds. The van der Waals surface area contributed by atoms with Crippen molar-refractivity contribution in [2.24, 2.45) is 7.05 Å². The molecule has 0 saturated carbocycles. The molecule has 1 saturated heterocycles. The molecule has 1 aromatic heterocycles. The number of amides is 1. The Labute approximate surface area is 133 Å². The Morgan fingerprint density at radius 2 is 2.09 bits per heavy atom. The third-order valence-corrected chi connectivity index (χ3v) is 4.49. The van der Waals surface area contributed by atoms with Crippen LogP contribution in [-0.2, 0) is 18.4 Å². The van der Waals surface area contributed by atoms with E-state index in [1.165, 1.54) is 17.0 Å². The van der Waals surface area contributed by atoms with Crippen molar-refractivity contribution in [3.8, 4) is 0 Å². The SMILES string of the molecule is CC(=O)N1CC[NH+](Cc2nc3cc([N+](=O)[O-])ccc3n2C)CC1. The Morgan fingerprint density at radius 3 is 2.70 bits per heavy atom. The van der Waals surface area contributed by atoms with Gasteiger partial charge in [-0.05, 0) is 6.07 Å². The van der Waals surface area contributed by atoms with Crippen LogP contribution in [0.5, 0.6) is 0 Å². The highest BCUT2D eigenvalue weighted by molar-refractivity contribution is 5.78. The van der Waals surface area contributed by atoms with Crippen LogP contribution in [-0.4, -0.2) is 51.5 Å². The van der Waals surface area contributed by atoms with Crippen molar-refractivity contribution < 1.29 is 14.6 Å². The van der Waals surface area contributed by atoms with Crippen molar-refractivity contribution in [2.75, 3.05) is 26.2 Å². The van der Waals surface area contributed by atoms with E-state index < -0.39 is 4.92 Å². The van der Waals surface area contributed by atoms with Gasteiger partial charge in [0.2, 0.25) is 5.91 Å². The van der Waals surface area contributed by atoms with Gasteiger partial charge in [-0.1, -0.05) is 0 Å². The van der Waals surface area contributed by atoms with Crippen molar-refractivity contribution >= 4 is 22.6 Å². The van der Waals surface area contributed by atoms with E-state index in [0.717, 1.165) is 44.1 Å². The predicted molar refractivity (Wildman–Crippen MR) is 84.0 cm³/mol. The zero-order valence-corrected chi connectivity index (χ0v) is 13.3. The van der Waals surface area contributed by atoms with Crippen LogP contribution in [0.1, 0.15) is 12.7 Å². The van der Waals surface area contributed by atoms with Crippen molar-refractivity contribution in [3.63, 3.8) is 0 Å². The molecule has 8 heteroatoms. The Balaban J connectivity index is 1.77. The summed E-state index contributed by atoms with van der Waals surface area (Å²) in [4.78, 5) is 29.6.